The zero-order chi connectivity index (χ0) is 22.5. The molecule has 0 saturated carbocycles. The predicted molar refractivity (Wildman–Crippen MR) is 125 cm³/mol. The fourth-order valence-corrected chi connectivity index (χ4v) is 4.07. The zero-order valence-electron chi connectivity index (χ0n) is 17.4. The summed E-state index contributed by atoms with van der Waals surface area (Å²) < 4.78 is 19.8. The van der Waals surface area contributed by atoms with Crippen molar-refractivity contribution in [3.8, 4) is 5.75 Å². The van der Waals surface area contributed by atoms with Crippen LogP contribution in [0.15, 0.2) is 66.7 Å². The maximum atomic E-state index is 14.0. The lowest BCUT2D eigenvalue weighted by Crippen LogP contribution is -2.48. The van der Waals surface area contributed by atoms with Gasteiger partial charge in [0.15, 0.2) is 0 Å². The van der Waals surface area contributed by atoms with Crippen LogP contribution in [0.2, 0.25) is 10.0 Å². The molecule has 1 saturated heterocycles. The Balaban J connectivity index is 1.29. The summed E-state index contributed by atoms with van der Waals surface area (Å²) in [6.45, 7) is 3.35. The maximum Gasteiger partial charge on any atom is 0.253 e. The molecule has 32 heavy (non-hydrogen) atoms. The van der Waals surface area contributed by atoms with Crippen LogP contribution in [-0.4, -0.2) is 41.9 Å². The molecule has 4 rings (SSSR count). The first-order valence-electron chi connectivity index (χ1n) is 10.4. The molecule has 0 aromatic heterocycles. The molecule has 0 spiro atoms. The number of benzene rings is 3. The van der Waals surface area contributed by atoms with Crippen molar-refractivity contribution in [1.29, 1.82) is 0 Å². The predicted octanol–water partition coefficient (Wildman–Crippen LogP) is 5.67. The second-order valence-corrected chi connectivity index (χ2v) is 8.56. The molecule has 3 aromatic rings. The number of rotatable bonds is 6. The third-order valence-electron chi connectivity index (χ3n) is 5.51. The Morgan fingerprint density at radius 3 is 2.34 bits per heavy atom. The molecule has 0 atom stereocenters. The summed E-state index contributed by atoms with van der Waals surface area (Å²) in [6.07, 6.45) is 0. The molecule has 1 aliphatic heterocycles. The first-order valence-corrected chi connectivity index (χ1v) is 11.2. The Labute approximate surface area is 197 Å². The second kappa shape index (κ2) is 10.3. The highest BCUT2D eigenvalue weighted by atomic mass is 35.5. The van der Waals surface area contributed by atoms with Crippen molar-refractivity contribution in [2.24, 2.45) is 0 Å². The standard InChI is InChI=1S/C25H23Cl2FN2O2/c26-20-3-1-4-21(15-20)32-17-18-7-9-19(10-8-18)25(31)30-13-11-29(12-14-30)16-22-23(27)5-2-6-24(22)28/h1-10,15H,11-14,16-17H2. The van der Waals surface area contributed by atoms with Crippen LogP contribution in [0.1, 0.15) is 21.5 Å². The van der Waals surface area contributed by atoms with E-state index < -0.39 is 0 Å². The molecule has 4 nitrogen and oxygen atoms in total. The van der Waals surface area contributed by atoms with Crippen molar-refractivity contribution in [2.45, 2.75) is 13.2 Å². The van der Waals surface area contributed by atoms with Gasteiger partial charge < -0.3 is 9.64 Å². The molecule has 7 heteroatoms. The number of piperazine rings is 1. The van der Waals surface area contributed by atoms with Gasteiger partial charge in [0.1, 0.15) is 18.2 Å². The van der Waals surface area contributed by atoms with Crippen molar-refractivity contribution < 1.29 is 13.9 Å². The van der Waals surface area contributed by atoms with Gasteiger partial charge in [-0.05, 0) is 48.0 Å². The average molecular weight is 473 g/mol. The Morgan fingerprint density at radius 2 is 1.66 bits per heavy atom. The van der Waals surface area contributed by atoms with Crippen LogP contribution < -0.4 is 4.74 Å². The van der Waals surface area contributed by atoms with E-state index in [0.29, 0.717) is 66.3 Å². The highest BCUT2D eigenvalue weighted by molar-refractivity contribution is 6.31. The monoisotopic (exact) mass is 472 g/mol. The van der Waals surface area contributed by atoms with E-state index in [4.69, 9.17) is 27.9 Å². The largest absolute Gasteiger partial charge is 0.489 e. The SMILES string of the molecule is O=C(c1ccc(COc2cccc(Cl)c2)cc1)N1CCN(Cc2c(F)cccc2Cl)CC1. The topological polar surface area (TPSA) is 32.8 Å². The lowest BCUT2D eigenvalue weighted by molar-refractivity contribution is 0.0627. The summed E-state index contributed by atoms with van der Waals surface area (Å²) in [6, 6.07) is 19.4. The zero-order valence-corrected chi connectivity index (χ0v) is 19.0. The summed E-state index contributed by atoms with van der Waals surface area (Å²) in [5, 5.41) is 1.06. The van der Waals surface area contributed by atoms with E-state index in [9.17, 15) is 9.18 Å². The Bertz CT molecular complexity index is 1060. The number of hydrogen-bond acceptors (Lipinski definition) is 3. The first-order chi connectivity index (χ1) is 15.5. The van der Waals surface area contributed by atoms with Gasteiger partial charge in [0.05, 0.1) is 0 Å². The molecule has 1 heterocycles. The minimum Gasteiger partial charge on any atom is -0.489 e. The minimum absolute atomic E-state index is 0.00381. The smallest absolute Gasteiger partial charge is 0.253 e. The molecule has 0 unspecified atom stereocenters. The fraction of sp³-hybridized carbons (Fsp3) is 0.240. The molecule has 166 valence electrons. The third kappa shape index (κ3) is 5.60. The van der Waals surface area contributed by atoms with Gasteiger partial charge in [0, 0.05) is 53.9 Å². The summed E-state index contributed by atoms with van der Waals surface area (Å²) in [4.78, 5) is 16.8. The van der Waals surface area contributed by atoms with Crippen LogP contribution in [0.4, 0.5) is 4.39 Å². The minimum atomic E-state index is -0.296. The average Bonchev–Trinajstić information content (AvgIpc) is 2.81. The quantitative estimate of drug-likeness (QED) is 0.463. The van der Waals surface area contributed by atoms with Gasteiger partial charge in [-0.2, -0.15) is 0 Å². The molecule has 1 fully saturated rings. The molecule has 0 radical (unpaired) electrons. The second-order valence-electron chi connectivity index (χ2n) is 7.71. The van der Waals surface area contributed by atoms with Crippen LogP contribution >= 0.6 is 23.2 Å². The summed E-state index contributed by atoms with van der Waals surface area (Å²) >= 11 is 12.1. The Morgan fingerprint density at radius 1 is 0.938 bits per heavy atom. The van der Waals surface area contributed by atoms with Crippen LogP contribution in [0.25, 0.3) is 0 Å². The van der Waals surface area contributed by atoms with E-state index in [-0.39, 0.29) is 11.7 Å². The van der Waals surface area contributed by atoms with E-state index >= 15 is 0 Å². The van der Waals surface area contributed by atoms with Gasteiger partial charge in [-0.3, -0.25) is 9.69 Å². The maximum absolute atomic E-state index is 14.0. The lowest BCUT2D eigenvalue weighted by atomic mass is 10.1. The molecule has 1 aliphatic rings. The Hall–Kier alpha value is -2.60. The number of halogens is 3. The number of ether oxygens (including phenoxy) is 1. The number of amides is 1. The normalized spacial score (nSPS) is 14.4. The van der Waals surface area contributed by atoms with Crippen molar-refractivity contribution in [2.75, 3.05) is 26.2 Å². The van der Waals surface area contributed by atoms with Crippen LogP contribution in [0, 0.1) is 5.82 Å². The van der Waals surface area contributed by atoms with Crippen molar-refractivity contribution in [3.63, 3.8) is 0 Å². The number of carbonyl (C=O) groups is 1. The summed E-state index contributed by atoms with van der Waals surface area (Å²) in [5.74, 6) is 0.401. The number of carbonyl (C=O) groups excluding carboxylic acids is 1. The molecule has 0 N–H and O–H groups in total. The summed E-state index contributed by atoms with van der Waals surface area (Å²) in [5.41, 5.74) is 2.11. The molecule has 0 aliphatic carbocycles. The van der Waals surface area contributed by atoms with Gasteiger partial charge >= 0.3 is 0 Å². The van der Waals surface area contributed by atoms with Gasteiger partial charge in [-0.25, -0.2) is 4.39 Å². The first kappa shape index (κ1) is 22.6. The Kier molecular flexibility index (Phi) is 7.30. The van der Waals surface area contributed by atoms with Gasteiger partial charge in [0.25, 0.3) is 5.91 Å². The fourth-order valence-electron chi connectivity index (χ4n) is 3.67. The highest BCUT2D eigenvalue weighted by Crippen LogP contribution is 2.22. The van der Waals surface area contributed by atoms with E-state index in [0.717, 1.165) is 5.56 Å². The molecule has 0 bridgehead atoms. The molecular formula is C25H23Cl2FN2O2. The van der Waals surface area contributed by atoms with Crippen LogP contribution in [0.5, 0.6) is 5.75 Å². The van der Waals surface area contributed by atoms with E-state index in [1.807, 2.05) is 41.3 Å². The molecular weight excluding hydrogens is 450 g/mol. The molecule has 1 amide bonds. The van der Waals surface area contributed by atoms with Gasteiger partial charge in [-0.1, -0.05) is 47.5 Å². The van der Waals surface area contributed by atoms with E-state index in [1.54, 1.807) is 24.3 Å². The number of nitrogens with zero attached hydrogens (tertiary/aromatic N) is 2. The van der Waals surface area contributed by atoms with Crippen molar-refractivity contribution in [3.05, 3.63) is 99.3 Å². The lowest BCUT2D eigenvalue weighted by Gasteiger charge is -2.35. The number of hydrogen-bond donors (Lipinski definition) is 0. The highest BCUT2D eigenvalue weighted by Gasteiger charge is 2.23. The summed E-state index contributed by atoms with van der Waals surface area (Å²) in [7, 11) is 0. The molecule has 3 aromatic carbocycles. The van der Waals surface area contributed by atoms with E-state index in [1.165, 1.54) is 6.07 Å². The van der Waals surface area contributed by atoms with Crippen LogP contribution in [-0.2, 0) is 13.2 Å². The van der Waals surface area contributed by atoms with Crippen molar-refractivity contribution >= 4 is 29.1 Å². The van der Waals surface area contributed by atoms with E-state index in [2.05, 4.69) is 4.90 Å². The van der Waals surface area contributed by atoms with Gasteiger partial charge in [0.2, 0.25) is 0 Å². The third-order valence-corrected chi connectivity index (χ3v) is 6.09. The van der Waals surface area contributed by atoms with Crippen molar-refractivity contribution in [1.82, 2.24) is 9.80 Å². The van der Waals surface area contributed by atoms with Crippen LogP contribution in [0.3, 0.4) is 0 Å². The van der Waals surface area contributed by atoms with Gasteiger partial charge in [-0.15, -0.1) is 0 Å².